The van der Waals surface area contributed by atoms with Crippen LogP contribution in [0.4, 0.5) is 4.39 Å². The molecular formula is C14H20FNO3. The Kier molecular flexibility index (Phi) is 5.92. The normalized spacial score (nSPS) is 14.1. The topological polar surface area (TPSA) is 72.5 Å². The number of nitrogens with two attached hydrogens (primary N) is 1. The van der Waals surface area contributed by atoms with Gasteiger partial charge in [-0.15, -0.1) is 0 Å². The van der Waals surface area contributed by atoms with Crippen molar-refractivity contribution >= 4 is 5.97 Å². The minimum atomic E-state index is -1.18. The lowest BCUT2D eigenvalue weighted by atomic mass is 9.76. The van der Waals surface area contributed by atoms with Crippen molar-refractivity contribution < 1.29 is 19.0 Å². The van der Waals surface area contributed by atoms with Crippen LogP contribution < -0.4 is 5.73 Å². The third kappa shape index (κ3) is 3.75. The van der Waals surface area contributed by atoms with E-state index in [9.17, 15) is 14.3 Å². The summed E-state index contributed by atoms with van der Waals surface area (Å²) in [6.07, 6.45) is 0.958. The van der Waals surface area contributed by atoms with Gasteiger partial charge in [0, 0.05) is 19.8 Å². The van der Waals surface area contributed by atoms with Gasteiger partial charge in [0.15, 0.2) is 0 Å². The second kappa shape index (κ2) is 7.21. The highest BCUT2D eigenvalue weighted by atomic mass is 19.1. The molecular weight excluding hydrogens is 249 g/mol. The highest BCUT2D eigenvalue weighted by molar-refractivity contribution is 5.81. The zero-order valence-corrected chi connectivity index (χ0v) is 11.1. The Balaban J connectivity index is 2.91. The number of carbonyl (C=O) groups is 1. The Morgan fingerprint density at radius 3 is 2.53 bits per heavy atom. The lowest BCUT2D eigenvalue weighted by Gasteiger charge is -2.28. The standard InChI is InChI=1S/C14H20FNO3/c1-2-19-9-3-8-14(10-16,13(17)18)11-4-6-12(15)7-5-11/h4-7H,2-3,8-10,16H2,1H3,(H,17,18). The largest absolute Gasteiger partial charge is 0.481 e. The van der Waals surface area contributed by atoms with Gasteiger partial charge in [0.05, 0.1) is 0 Å². The first kappa shape index (κ1) is 15.6. The molecule has 0 bridgehead atoms. The Labute approximate surface area is 112 Å². The molecule has 1 aromatic carbocycles. The van der Waals surface area contributed by atoms with Crippen LogP contribution in [-0.4, -0.2) is 30.8 Å². The molecule has 0 spiro atoms. The molecule has 19 heavy (non-hydrogen) atoms. The quantitative estimate of drug-likeness (QED) is 0.707. The molecule has 0 heterocycles. The molecule has 0 saturated heterocycles. The molecule has 0 fully saturated rings. The smallest absolute Gasteiger partial charge is 0.315 e. The summed E-state index contributed by atoms with van der Waals surface area (Å²) in [5.41, 5.74) is 5.03. The summed E-state index contributed by atoms with van der Waals surface area (Å²) in [6.45, 7) is 2.94. The molecule has 1 unspecified atom stereocenters. The van der Waals surface area contributed by atoms with Crippen LogP contribution in [0.3, 0.4) is 0 Å². The number of benzene rings is 1. The first-order chi connectivity index (χ1) is 9.06. The predicted octanol–water partition coefficient (Wildman–Crippen LogP) is 1.92. The van der Waals surface area contributed by atoms with Gasteiger partial charge in [0.25, 0.3) is 0 Å². The Hall–Kier alpha value is -1.46. The lowest BCUT2D eigenvalue weighted by molar-refractivity contribution is -0.144. The first-order valence-corrected chi connectivity index (χ1v) is 6.34. The maximum atomic E-state index is 12.9. The van der Waals surface area contributed by atoms with Crippen molar-refractivity contribution in [1.82, 2.24) is 0 Å². The van der Waals surface area contributed by atoms with Crippen LogP contribution in [0, 0.1) is 5.82 Å². The number of aliphatic carboxylic acids is 1. The van der Waals surface area contributed by atoms with E-state index in [0.717, 1.165) is 0 Å². The Morgan fingerprint density at radius 2 is 2.05 bits per heavy atom. The molecule has 0 aliphatic heterocycles. The fourth-order valence-electron chi connectivity index (χ4n) is 2.07. The fraction of sp³-hybridized carbons (Fsp3) is 0.500. The molecule has 4 nitrogen and oxygen atoms in total. The minimum absolute atomic E-state index is 0.0277. The zero-order valence-electron chi connectivity index (χ0n) is 11.1. The fourth-order valence-corrected chi connectivity index (χ4v) is 2.07. The minimum Gasteiger partial charge on any atom is -0.481 e. The number of carboxylic acids is 1. The molecule has 0 aliphatic carbocycles. The van der Waals surface area contributed by atoms with E-state index in [1.54, 1.807) is 0 Å². The van der Waals surface area contributed by atoms with Gasteiger partial charge in [0.1, 0.15) is 11.2 Å². The predicted molar refractivity (Wildman–Crippen MR) is 70.5 cm³/mol. The van der Waals surface area contributed by atoms with Crippen molar-refractivity contribution in [3.8, 4) is 0 Å². The van der Waals surface area contributed by atoms with Crippen molar-refractivity contribution in [2.24, 2.45) is 5.73 Å². The van der Waals surface area contributed by atoms with E-state index >= 15 is 0 Å². The van der Waals surface area contributed by atoms with Crippen LogP contribution in [0.2, 0.25) is 0 Å². The van der Waals surface area contributed by atoms with Crippen LogP contribution >= 0.6 is 0 Å². The van der Waals surface area contributed by atoms with Crippen LogP contribution in [0.1, 0.15) is 25.3 Å². The zero-order chi connectivity index (χ0) is 14.3. The van der Waals surface area contributed by atoms with Gasteiger partial charge < -0.3 is 15.6 Å². The highest BCUT2D eigenvalue weighted by Crippen LogP contribution is 2.29. The van der Waals surface area contributed by atoms with Crippen molar-refractivity contribution in [3.05, 3.63) is 35.6 Å². The first-order valence-electron chi connectivity index (χ1n) is 6.34. The summed E-state index contributed by atoms with van der Waals surface area (Å²) in [5.74, 6) is -1.38. The van der Waals surface area contributed by atoms with Crippen molar-refractivity contribution in [2.45, 2.75) is 25.2 Å². The summed E-state index contributed by atoms with van der Waals surface area (Å²) in [5, 5.41) is 9.49. The summed E-state index contributed by atoms with van der Waals surface area (Å²) in [4.78, 5) is 11.6. The van der Waals surface area contributed by atoms with E-state index in [2.05, 4.69) is 0 Å². The van der Waals surface area contributed by atoms with Gasteiger partial charge in [-0.1, -0.05) is 12.1 Å². The third-order valence-electron chi connectivity index (χ3n) is 3.25. The van der Waals surface area contributed by atoms with Gasteiger partial charge in [-0.2, -0.15) is 0 Å². The van der Waals surface area contributed by atoms with Crippen molar-refractivity contribution in [3.63, 3.8) is 0 Å². The van der Waals surface area contributed by atoms with Gasteiger partial charge in [-0.3, -0.25) is 4.79 Å². The molecule has 1 rings (SSSR count). The molecule has 1 aromatic rings. The number of hydrogen-bond donors (Lipinski definition) is 2. The monoisotopic (exact) mass is 269 g/mol. The van der Waals surface area contributed by atoms with Gasteiger partial charge in [-0.05, 0) is 37.5 Å². The lowest BCUT2D eigenvalue weighted by Crippen LogP contribution is -2.43. The molecule has 106 valence electrons. The van der Waals surface area contributed by atoms with E-state index < -0.39 is 17.2 Å². The third-order valence-corrected chi connectivity index (χ3v) is 3.25. The molecule has 3 N–H and O–H groups in total. The van der Waals surface area contributed by atoms with E-state index in [4.69, 9.17) is 10.5 Å². The van der Waals surface area contributed by atoms with Crippen molar-refractivity contribution in [2.75, 3.05) is 19.8 Å². The maximum absolute atomic E-state index is 12.9. The van der Waals surface area contributed by atoms with Crippen LogP contribution in [0.25, 0.3) is 0 Å². The van der Waals surface area contributed by atoms with Gasteiger partial charge >= 0.3 is 5.97 Å². The van der Waals surface area contributed by atoms with Gasteiger partial charge in [-0.25, -0.2) is 4.39 Å². The number of rotatable bonds is 8. The Bertz CT molecular complexity index is 408. The van der Waals surface area contributed by atoms with Crippen LogP contribution in [0.15, 0.2) is 24.3 Å². The highest BCUT2D eigenvalue weighted by Gasteiger charge is 2.38. The molecule has 0 aromatic heterocycles. The second-order valence-electron chi connectivity index (χ2n) is 4.40. The summed E-state index contributed by atoms with van der Waals surface area (Å²) in [6, 6.07) is 5.48. The molecule has 0 saturated carbocycles. The maximum Gasteiger partial charge on any atom is 0.315 e. The molecule has 0 amide bonds. The van der Waals surface area contributed by atoms with E-state index in [-0.39, 0.29) is 6.54 Å². The molecule has 0 radical (unpaired) electrons. The van der Waals surface area contributed by atoms with Crippen LogP contribution in [-0.2, 0) is 14.9 Å². The van der Waals surface area contributed by atoms with E-state index in [0.29, 0.717) is 31.6 Å². The summed E-state index contributed by atoms with van der Waals surface area (Å²) >= 11 is 0. The average molecular weight is 269 g/mol. The molecule has 0 aliphatic rings. The SMILES string of the molecule is CCOCCCC(CN)(C(=O)O)c1ccc(F)cc1. The van der Waals surface area contributed by atoms with Crippen molar-refractivity contribution in [1.29, 1.82) is 0 Å². The van der Waals surface area contributed by atoms with E-state index in [1.165, 1.54) is 24.3 Å². The second-order valence-corrected chi connectivity index (χ2v) is 4.40. The summed E-state index contributed by atoms with van der Waals surface area (Å²) in [7, 11) is 0. The number of halogens is 1. The number of ether oxygens (including phenoxy) is 1. The molecule has 1 atom stereocenters. The van der Waals surface area contributed by atoms with Gasteiger partial charge in [0.2, 0.25) is 0 Å². The number of hydrogen-bond acceptors (Lipinski definition) is 3. The Morgan fingerprint density at radius 1 is 1.42 bits per heavy atom. The van der Waals surface area contributed by atoms with Crippen LogP contribution in [0.5, 0.6) is 0 Å². The van der Waals surface area contributed by atoms with E-state index in [1.807, 2.05) is 6.92 Å². The number of carboxylic acid groups (broad SMARTS) is 1. The molecule has 5 heteroatoms. The average Bonchev–Trinajstić information content (AvgIpc) is 2.40. The summed E-state index contributed by atoms with van der Waals surface area (Å²) < 4.78 is 18.1.